The molecule has 2 heterocycles. The topological polar surface area (TPSA) is 49.6 Å². The number of nitrogens with zero attached hydrogens (tertiary/aromatic N) is 2. The zero-order chi connectivity index (χ0) is 13.8. The Morgan fingerprint density at radius 3 is 2.26 bits per heavy atom. The largest absolute Gasteiger partial charge is 0.341 e. The number of carbonyl (C=O) groups is 1. The van der Waals surface area contributed by atoms with Gasteiger partial charge in [-0.1, -0.05) is 13.8 Å². The van der Waals surface area contributed by atoms with Gasteiger partial charge in [-0.15, -0.1) is 0 Å². The number of likely N-dealkylation sites (tertiary alicyclic amines) is 2. The zero-order valence-electron chi connectivity index (χ0n) is 12.5. The van der Waals surface area contributed by atoms with Crippen LogP contribution in [0.1, 0.15) is 46.0 Å². The highest BCUT2D eigenvalue weighted by atomic mass is 16.2. The molecule has 0 radical (unpaired) electrons. The van der Waals surface area contributed by atoms with Crippen LogP contribution in [0.2, 0.25) is 0 Å². The summed E-state index contributed by atoms with van der Waals surface area (Å²) in [5, 5.41) is 0. The third-order valence-corrected chi connectivity index (χ3v) is 4.48. The van der Waals surface area contributed by atoms with Gasteiger partial charge in [0, 0.05) is 19.1 Å². The van der Waals surface area contributed by atoms with Crippen LogP contribution in [0.4, 0.5) is 0 Å². The standard InChI is InChI=1S/C15H29N3O/c1-12(2)11-14(16)15(19)18-9-5-13(6-10-18)17-7-3-4-8-17/h12-14H,3-11,16H2,1-2H3/t14-/m0/s1. The third-order valence-electron chi connectivity index (χ3n) is 4.48. The Morgan fingerprint density at radius 1 is 1.16 bits per heavy atom. The van der Waals surface area contributed by atoms with Crippen LogP contribution in [0.5, 0.6) is 0 Å². The minimum absolute atomic E-state index is 0.161. The molecule has 0 aromatic carbocycles. The van der Waals surface area contributed by atoms with Crippen molar-refractivity contribution in [3.05, 3.63) is 0 Å². The first kappa shape index (κ1) is 14.8. The van der Waals surface area contributed by atoms with Crippen LogP contribution in [-0.2, 0) is 4.79 Å². The van der Waals surface area contributed by atoms with E-state index < -0.39 is 0 Å². The maximum atomic E-state index is 12.2. The summed E-state index contributed by atoms with van der Waals surface area (Å²) in [7, 11) is 0. The quantitative estimate of drug-likeness (QED) is 0.838. The van der Waals surface area contributed by atoms with Crippen LogP contribution in [0, 0.1) is 5.92 Å². The van der Waals surface area contributed by atoms with Crippen molar-refractivity contribution >= 4 is 5.91 Å². The van der Waals surface area contributed by atoms with Gasteiger partial charge in [-0.25, -0.2) is 0 Å². The second kappa shape index (κ2) is 6.71. The second-order valence-electron chi connectivity index (χ2n) is 6.54. The molecule has 0 unspecified atom stereocenters. The number of carbonyl (C=O) groups excluding carboxylic acids is 1. The molecule has 2 aliphatic heterocycles. The monoisotopic (exact) mass is 267 g/mol. The van der Waals surface area contributed by atoms with E-state index >= 15 is 0 Å². The molecule has 0 aliphatic carbocycles. The Morgan fingerprint density at radius 2 is 1.74 bits per heavy atom. The Hall–Kier alpha value is -0.610. The molecule has 4 nitrogen and oxygen atoms in total. The highest BCUT2D eigenvalue weighted by Gasteiger charge is 2.30. The molecule has 2 saturated heterocycles. The first-order valence-corrected chi connectivity index (χ1v) is 7.86. The van der Waals surface area contributed by atoms with Crippen LogP contribution in [0.25, 0.3) is 0 Å². The van der Waals surface area contributed by atoms with Crippen molar-refractivity contribution in [1.82, 2.24) is 9.80 Å². The summed E-state index contributed by atoms with van der Waals surface area (Å²) >= 11 is 0. The highest BCUT2D eigenvalue weighted by Crippen LogP contribution is 2.21. The van der Waals surface area contributed by atoms with Crippen molar-refractivity contribution in [2.45, 2.75) is 58.0 Å². The summed E-state index contributed by atoms with van der Waals surface area (Å²) in [6.07, 6.45) is 5.74. The van der Waals surface area contributed by atoms with E-state index in [1.807, 2.05) is 4.90 Å². The lowest BCUT2D eigenvalue weighted by Gasteiger charge is -2.37. The predicted molar refractivity (Wildman–Crippen MR) is 77.8 cm³/mol. The van der Waals surface area contributed by atoms with Gasteiger partial charge in [-0.05, 0) is 51.1 Å². The third kappa shape index (κ3) is 3.93. The number of amides is 1. The zero-order valence-corrected chi connectivity index (χ0v) is 12.5. The summed E-state index contributed by atoms with van der Waals surface area (Å²) in [4.78, 5) is 16.8. The van der Waals surface area contributed by atoms with Gasteiger partial charge in [0.1, 0.15) is 0 Å². The molecule has 2 N–H and O–H groups in total. The van der Waals surface area contributed by atoms with Crippen LogP contribution in [0.3, 0.4) is 0 Å². The normalized spacial score (nSPS) is 24.1. The van der Waals surface area contributed by atoms with Gasteiger partial charge in [0.2, 0.25) is 5.91 Å². The van der Waals surface area contributed by atoms with E-state index in [-0.39, 0.29) is 11.9 Å². The number of piperidine rings is 1. The maximum absolute atomic E-state index is 12.2. The maximum Gasteiger partial charge on any atom is 0.239 e. The highest BCUT2D eigenvalue weighted by molar-refractivity contribution is 5.81. The van der Waals surface area contributed by atoms with Gasteiger partial charge in [0.15, 0.2) is 0 Å². The Bertz CT molecular complexity index is 292. The molecule has 2 rings (SSSR count). The average Bonchev–Trinajstić information content (AvgIpc) is 2.91. The molecule has 0 aromatic heterocycles. The molecule has 1 atom stereocenters. The molecular formula is C15H29N3O. The van der Waals surface area contributed by atoms with Crippen molar-refractivity contribution in [2.75, 3.05) is 26.2 Å². The van der Waals surface area contributed by atoms with E-state index in [1.165, 1.54) is 25.9 Å². The van der Waals surface area contributed by atoms with Crippen molar-refractivity contribution in [3.8, 4) is 0 Å². The summed E-state index contributed by atoms with van der Waals surface area (Å²) in [6.45, 7) is 8.54. The predicted octanol–water partition coefficient (Wildman–Crippen LogP) is 1.45. The fourth-order valence-corrected chi connectivity index (χ4v) is 3.40. The molecule has 0 aromatic rings. The first-order valence-electron chi connectivity index (χ1n) is 7.86. The molecular weight excluding hydrogens is 238 g/mol. The van der Waals surface area contributed by atoms with Gasteiger partial charge < -0.3 is 15.5 Å². The van der Waals surface area contributed by atoms with E-state index in [1.54, 1.807) is 0 Å². The molecule has 19 heavy (non-hydrogen) atoms. The molecule has 1 amide bonds. The van der Waals surface area contributed by atoms with Gasteiger partial charge in [0.05, 0.1) is 6.04 Å². The van der Waals surface area contributed by atoms with Crippen LogP contribution < -0.4 is 5.73 Å². The van der Waals surface area contributed by atoms with E-state index in [0.29, 0.717) is 12.0 Å². The lowest BCUT2D eigenvalue weighted by atomic mass is 10.00. The summed E-state index contributed by atoms with van der Waals surface area (Å²) < 4.78 is 0. The SMILES string of the molecule is CC(C)C[C@H](N)C(=O)N1CCC(N2CCCC2)CC1. The summed E-state index contributed by atoms with van der Waals surface area (Å²) in [6, 6.07) is 0.399. The number of hydrogen-bond donors (Lipinski definition) is 1. The first-order chi connectivity index (χ1) is 9.08. The summed E-state index contributed by atoms with van der Waals surface area (Å²) in [5.41, 5.74) is 6.00. The Kier molecular flexibility index (Phi) is 5.22. The Balaban J connectivity index is 1.77. The van der Waals surface area contributed by atoms with E-state index in [9.17, 15) is 4.79 Å². The van der Waals surface area contributed by atoms with Crippen LogP contribution >= 0.6 is 0 Å². The van der Waals surface area contributed by atoms with E-state index in [0.717, 1.165) is 32.4 Å². The number of hydrogen-bond acceptors (Lipinski definition) is 3. The van der Waals surface area contributed by atoms with Crippen LogP contribution in [-0.4, -0.2) is 54.0 Å². The molecule has 110 valence electrons. The number of nitrogens with two attached hydrogens (primary N) is 1. The molecule has 4 heteroatoms. The minimum atomic E-state index is -0.302. The summed E-state index contributed by atoms with van der Waals surface area (Å²) in [5.74, 6) is 0.648. The van der Waals surface area contributed by atoms with Crippen molar-refractivity contribution < 1.29 is 4.79 Å². The van der Waals surface area contributed by atoms with E-state index in [2.05, 4.69) is 18.7 Å². The molecule has 2 aliphatic rings. The molecule has 0 saturated carbocycles. The average molecular weight is 267 g/mol. The van der Waals surface area contributed by atoms with Crippen LogP contribution in [0.15, 0.2) is 0 Å². The molecule has 0 bridgehead atoms. The van der Waals surface area contributed by atoms with Gasteiger partial charge >= 0.3 is 0 Å². The van der Waals surface area contributed by atoms with Gasteiger partial charge in [-0.3, -0.25) is 4.79 Å². The lowest BCUT2D eigenvalue weighted by molar-refractivity contribution is -0.134. The fourth-order valence-electron chi connectivity index (χ4n) is 3.40. The van der Waals surface area contributed by atoms with Gasteiger partial charge in [-0.2, -0.15) is 0 Å². The Labute approximate surface area is 117 Å². The van der Waals surface area contributed by atoms with Crippen molar-refractivity contribution in [3.63, 3.8) is 0 Å². The fraction of sp³-hybridized carbons (Fsp3) is 0.933. The molecule has 0 spiro atoms. The van der Waals surface area contributed by atoms with Crippen molar-refractivity contribution in [2.24, 2.45) is 11.7 Å². The van der Waals surface area contributed by atoms with E-state index in [4.69, 9.17) is 5.73 Å². The second-order valence-corrected chi connectivity index (χ2v) is 6.54. The number of rotatable bonds is 4. The lowest BCUT2D eigenvalue weighted by Crippen LogP contribution is -2.50. The van der Waals surface area contributed by atoms with Gasteiger partial charge in [0.25, 0.3) is 0 Å². The molecule has 2 fully saturated rings. The smallest absolute Gasteiger partial charge is 0.239 e. The minimum Gasteiger partial charge on any atom is -0.341 e. The van der Waals surface area contributed by atoms with Crippen molar-refractivity contribution in [1.29, 1.82) is 0 Å².